The number of aromatic nitrogens is 3. The van der Waals surface area contributed by atoms with Crippen molar-refractivity contribution in [2.24, 2.45) is 0 Å². The number of carbonyl (C=O) groups excluding carboxylic acids is 3. The van der Waals surface area contributed by atoms with Gasteiger partial charge in [-0.2, -0.15) is 5.10 Å². The molecule has 4 N–H and O–H groups in total. The van der Waals surface area contributed by atoms with Crippen molar-refractivity contribution in [1.82, 2.24) is 30.7 Å². The quantitative estimate of drug-likeness (QED) is 0.531. The normalized spacial score (nSPS) is 14.5. The molecule has 4 amide bonds. The Morgan fingerprint density at radius 3 is 2.76 bits per heavy atom. The number of hydrogen-bond acceptors (Lipinski definition) is 5. The van der Waals surface area contributed by atoms with E-state index in [4.69, 9.17) is 0 Å². The van der Waals surface area contributed by atoms with Crippen molar-refractivity contribution >= 4 is 34.6 Å². The van der Waals surface area contributed by atoms with E-state index < -0.39 is 6.03 Å². The number of nitrogens with zero attached hydrogens (tertiary/aromatic N) is 3. The van der Waals surface area contributed by atoms with E-state index in [1.54, 1.807) is 6.07 Å². The summed E-state index contributed by atoms with van der Waals surface area (Å²) in [7, 11) is 0. The van der Waals surface area contributed by atoms with Crippen LogP contribution < -0.4 is 16.0 Å². The number of aromatic amines is 1. The fourth-order valence-corrected chi connectivity index (χ4v) is 3.08. The highest BCUT2D eigenvalue weighted by Crippen LogP contribution is 2.20. The van der Waals surface area contributed by atoms with E-state index in [2.05, 4.69) is 31.1 Å². The molecule has 0 radical (unpaired) electrons. The van der Waals surface area contributed by atoms with Gasteiger partial charge in [-0.1, -0.05) is 30.3 Å². The molecule has 10 nitrogen and oxygen atoms in total. The van der Waals surface area contributed by atoms with Gasteiger partial charge in [0.15, 0.2) is 5.69 Å². The molecule has 0 aliphatic carbocycles. The molecule has 148 valence electrons. The molecule has 1 atom stereocenters. The highest BCUT2D eigenvalue weighted by Gasteiger charge is 2.27. The van der Waals surface area contributed by atoms with Gasteiger partial charge in [0, 0.05) is 12.3 Å². The maximum Gasteiger partial charge on any atom is 0.320 e. The second-order valence-electron chi connectivity index (χ2n) is 6.68. The minimum absolute atomic E-state index is 0.0000241. The third-order valence-electron chi connectivity index (χ3n) is 4.63. The monoisotopic (exact) mass is 393 g/mol. The van der Waals surface area contributed by atoms with Gasteiger partial charge in [-0.3, -0.25) is 20.0 Å². The smallest absolute Gasteiger partial charge is 0.320 e. The Morgan fingerprint density at radius 2 is 2.03 bits per heavy atom. The molecule has 0 bridgehead atoms. The Kier molecular flexibility index (Phi) is 4.82. The summed E-state index contributed by atoms with van der Waals surface area (Å²) in [5.74, 6) is -0.263. The fraction of sp³-hybridized carbons (Fsp3) is 0.211. The van der Waals surface area contributed by atoms with Gasteiger partial charge in [0.25, 0.3) is 5.91 Å². The van der Waals surface area contributed by atoms with E-state index >= 15 is 0 Å². The minimum Gasteiger partial charge on any atom is -0.337 e. The predicted molar refractivity (Wildman–Crippen MR) is 105 cm³/mol. The summed E-state index contributed by atoms with van der Waals surface area (Å²) in [6.07, 6.45) is 1.47. The summed E-state index contributed by atoms with van der Waals surface area (Å²) in [4.78, 5) is 41.7. The first-order valence-corrected chi connectivity index (χ1v) is 9.04. The predicted octanol–water partition coefficient (Wildman–Crippen LogP) is 1.37. The molecule has 4 rings (SSSR count). The van der Waals surface area contributed by atoms with Gasteiger partial charge in [-0.15, -0.1) is 0 Å². The number of nitrogens with one attached hydrogen (secondary N) is 4. The molecular formula is C19H19N7O3. The molecule has 0 saturated carbocycles. The molecule has 1 saturated heterocycles. The minimum atomic E-state index is -0.398. The third kappa shape index (κ3) is 3.86. The van der Waals surface area contributed by atoms with Crippen molar-refractivity contribution < 1.29 is 14.4 Å². The van der Waals surface area contributed by atoms with Gasteiger partial charge in [-0.25, -0.2) is 9.78 Å². The zero-order valence-corrected chi connectivity index (χ0v) is 15.6. The van der Waals surface area contributed by atoms with E-state index in [9.17, 15) is 14.4 Å². The number of H-pyrrole nitrogens is 1. The third-order valence-corrected chi connectivity index (χ3v) is 4.63. The van der Waals surface area contributed by atoms with Gasteiger partial charge >= 0.3 is 6.03 Å². The number of pyridine rings is 1. The number of hydrogen-bond donors (Lipinski definition) is 4. The molecule has 1 fully saturated rings. The first-order valence-electron chi connectivity index (χ1n) is 9.04. The molecule has 1 aliphatic rings. The van der Waals surface area contributed by atoms with Crippen molar-refractivity contribution in [1.29, 1.82) is 0 Å². The summed E-state index contributed by atoms with van der Waals surface area (Å²) in [6.45, 7) is 2.04. The number of amides is 4. The van der Waals surface area contributed by atoms with Crippen molar-refractivity contribution in [3.63, 3.8) is 0 Å². The van der Waals surface area contributed by atoms with Crippen LogP contribution in [0.2, 0.25) is 0 Å². The standard InChI is InChI=1S/C19H19N7O3/c1-11(12-5-3-2-4-6-12)22-19(29)23-15-7-14-13(8-20-15)17(25-24-14)18(28)26-9-16(27)21-10-26/h2-8,11H,9-10H2,1H3,(H,21,27)(H,24,25)(H2,20,22,23,29)/t11-/m1/s1. The maximum absolute atomic E-state index is 12.5. The van der Waals surface area contributed by atoms with Gasteiger partial charge < -0.3 is 15.5 Å². The Hall–Kier alpha value is -3.95. The van der Waals surface area contributed by atoms with Gasteiger partial charge in [0.1, 0.15) is 12.4 Å². The molecule has 3 aromatic rings. The Labute approximate surface area is 165 Å². The summed E-state index contributed by atoms with van der Waals surface area (Å²) in [6, 6.07) is 10.6. The van der Waals surface area contributed by atoms with E-state index in [1.165, 1.54) is 11.1 Å². The SMILES string of the molecule is C[C@@H](NC(=O)Nc1cc2[nH]nc(C(=O)N3CNC(=O)C3)c2cn1)c1ccccc1. The summed E-state index contributed by atoms with van der Waals surface area (Å²) >= 11 is 0. The number of carbonyl (C=O) groups is 3. The van der Waals surface area contributed by atoms with Gasteiger partial charge in [0.2, 0.25) is 5.91 Å². The highest BCUT2D eigenvalue weighted by molar-refractivity contribution is 6.06. The molecule has 1 aliphatic heterocycles. The molecule has 0 unspecified atom stereocenters. The van der Waals surface area contributed by atoms with Gasteiger partial charge in [-0.05, 0) is 12.5 Å². The van der Waals surface area contributed by atoms with Crippen LogP contribution in [-0.4, -0.2) is 51.1 Å². The van der Waals surface area contributed by atoms with Crippen LogP contribution in [0.5, 0.6) is 0 Å². The van der Waals surface area contributed by atoms with Crippen LogP contribution in [0, 0.1) is 0 Å². The summed E-state index contributed by atoms with van der Waals surface area (Å²) in [5, 5.41) is 15.4. The largest absolute Gasteiger partial charge is 0.337 e. The second-order valence-corrected chi connectivity index (χ2v) is 6.68. The number of urea groups is 1. The first kappa shape index (κ1) is 18.4. The van der Waals surface area contributed by atoms with Crippen molar-refractivity contribution in [2.45, 2.75) is 13.0 Å². The zero-order chi connectivity index (χ0) is 20.4. The van der Waals surface area contributed by atoms with Crippen LogP contribution in [0.4, 0.5) is 10.6 Å². The fourth-order valence-electron chi connectivity index (χ4n) is 3.08. The summed E-state index contributed by atoms with van der Waals surface area (Å²) in [5.41, 5.74) is 1.71. The van der Waals surface area contributed by atoms with Crippen LogP contribution in [0.3, 0.4) is 0 Å². The topological polar surface area (TPSA) is 132 Å². The Morgan fingerprint density at radius 1 is 1.24 bits per heavy atom. The lowest BCUT2D eigenvalue weighted by molar-refractivity contribution is -0.118. The number of fused-ring (bicyclic) bond motifs is 1. The maximum atomic E-state index is 12.5. The molecule has 0 spiro atoms. The Bertz CT molecular complexity index is 1080. The lowest BCUT2D eigenvalue weighted by atomic mass is 10.1. The van der Waals surface area contributed by atoms with E-state index in [0.29, 0.717) is 16.7 Å². The molecule has 1 aromatic carbocycles. The number of rotatable bonds is 4. The van der Waals surface area contributed by atoms with Crippen molar-refractivity contribution in [3.05, 3.63) is 53.9 Å². The van der Waals surface area contributed by atoms with Crippen molar-refractivity contribution in [2.75, 3.05) is 18.5 Å². The lowest BCUT2D eigenvalue weighted by Crippen LogP contribution is -2.31. The van der Waals surface area contributed by atoms with E-state index in [0.717, 1.165) is 5.56 Å². The van der Waals surface area contributed by atoms with Crippen LogP contribution in [0.15, 0.2) is 42.6 Å². The molecule has 2 aromatic heterocycles. The Balaban J connectivity index is 1.45. The highest BCUT2D eigenvalue weighted by atomic mass is 16.2. The van der Waals surface area contributed by atoms with Gasteiger partial charge in [0.05, 0.1) is 23.6 Å². The first-order chi connectivity index (χ1) is 14.0. The second kappa shape index (κ2) is 7.58. The van der Waals surface area contributed by atoms with E-state index in [-0.39, 0.29) is 36.8 Å². The average molecular weight is 393 g/mol. The van der Waals surface area contributed by atoms with Crippen LogP contribution in [-0.2, 0) is 4.79 Å². The van der Waals surface area contributed by atoms with Crippen molar-refractivity contribution in [3.8, 4) is 0 Å². The summed E-state index contributed by atoms with van der Waals surface area (Å²) < 4.78 is 0. The average Bonchev–Trinajstić information content (AvgIpc) is 3.34. The molecule has 29 heavy (non-hydrogen) atoms. The van der Waals surface area contributed by atoms with Crippen LogP contribution >= 0.6 is 0 Å². The number of anilines is 1. The van der Waals surface area contributed by atoms with Crippen LogP contribution in [0.25, 0.3) is 10.9 Å². The lowest BCUT2D eigenvalue weighted by Gasteiger charge is -2.14. The molecule has 10 heteroatoms. The van der Waals surface area contributed by atoms with Crippen LogP contribution in [0.1, 0.15) is 29.0 Å². The zero-order valence-electron chi connectivity index (χ0n) is 15.6. The number of benzene rings is 1. The van der Waals surface area contributed by atoms with E-state index in [1.807, 2.05) is 37.3 Å². The molecule has 3 heterocycles. The molecular weight excluding hydrogens is 374 g/mol.